The van der Waals surface area contributed by atoms with Gasteiger partial charge in [-0.2, -0.15) is 0 Å². The number of aromatic nitrogens is 1. The van der Waals surface area contributed by atoms with Gasteiger partial charge in [0.05, 0.1) is 5.56 Å². The van der Waals surface area contributed by atoms with Crippen LogP contribution in [0.25, 0.3) is 0 Å². The van der Waals surface area contributed by atoms with Gasteiger partial charge in [0.2, 0.25) is 11.8 Å². The summed E-state index contributed by atoms with van der Waals surface area (Å²) in [5.74, 6) is 0.189. The van der Waals surface area contributed by atoms with Crippen LogP contribution < -0.4 is 16.0 Å². The Morgan fingerprint density at radius 2 is 2.15 bits per heavy atom. The first-order chi connectivity index (χ1) is 13.0. The molecule has 0 bridgehead atoms. The number of rotatable bonds is 3. The molecular formula is C19H25N5O3. The lowest BCUT2D eigenvalue weighted by Crippen LogP contribution is -2.58. The van der Waals surface area contributed by atoms with Crippen LogP contribution in [-0.2, 0) is 9.59 Å². The fourth-order valence-electron chi connectivity index (χ4n) is 3.93. The molecule has 1 aromatic rings. The van der Waals surface area contributed by atoms with Crippen molar-refractivity contribution in [2.24, 2.45) is 0 Å². The van der Waals surface area contributed by atoms with Crippen molar-refractivity contribution in [3.05, 3.63) is 23.9 Å². The summed E-state index contributed by atoms with van der Waals surface area (Å²) < 4.78 is 0. The van der Waals surface area contributed by atoms with E-state index in [1.54, 1.807) is 30.2 Å². The highest BCUT2D eigenvalue weighted by molar-refractivity contribution is 6.01. The summed E-state index contributed by atoms with van der Waals surface area (Å²) in [4.78, 5) is 43.5. The van der Waals surface area contributed by atoms with Crippen LogP contribution in [0.4, 0.5) is 5.82 Å². The number of carbonyl (C=O) groups excluding carboxylic acids is 3. The molecule has 1 saturated heterocycles. The first-order valence-corrected chi connectivity index (χ1v) is 9.63. The van der Waals surface area contributed by atoms with E-state index in [9.17, 15) is 14.4 Å². The molecule has 1 spiro atoms. The molecule has 1 aromatic heterocycles. The zero-order valence-corrected chi connectivity index (χ0v) is 15.5. The Labute approximate surface area is 158 Å². The first-order valence-electron chi connectivity index (χ1n) is 9.63. The number of hydrogen-bond acceptors (Lipinski definition) is 5. The molecule has 3 heterocycles. The van der Waals surface area contributed by atoms with Crippen molar-refractivity contribution in [3.8, 4) is 0 Å². The van der Waals surface area contributed by atoms with Crippen LogP contribution in [0.1, 0.15) is 55.8 Å². The lowest BCUT2D eigenvalue weighted by Gasteiger charge is -2.39. The Kier molecular flexibility index (Phi) is 4.49. The molecule has 3 N–H and O–H groups in total. The largest absolute Gasteiger partial charge is 0.352 e. The number of likely N-dealkylation sites (tertiary alicyclic amines) is 1. The fourth-order valence-corrected chi connectivity index (χ4v) is 3.93. The molecule has 144 valence electrons. The van der Waals surface area contributed by atoms with E-state index >= 15 is 0 Å². The predicted octanol–water partition coefficient (Wildman–Crippen LogP) is 1.00. The Bertz CT molecular complexity index is 778. The van der Waals surface area contributed by atoms with Crippen molar-refractivity contribution < 1.29 is 14.4 Å². The average Bonchev–Trinajstić information content (AvgIpc) is 2.77. The molecule has 3 amide bonds. The van der Waals surface area contributed by atoms with E-state index in [4.69, 9.17) is 0 Å². The molecule has 4 rings (SSSR count). The molecule has 0 aromatic carbocycles. The Morgan fingerprint density at radius 1 is 1.33 bits per heavy atom. The molecule has 2 fully saturated rings. The van der Waals surface area contributed by atoms with Gasteiger partial charge in [-0.15, -0.1) is 0 Å². The van der Waals surface area contributed by atoms with Crippen molar-refractivity contribution in [2.45, 2.75) is 63.2 Å². The molecule has 2 aliphatic heterocycles. The third-order valence-corrected chi connectivity index (χ3v) is 5.93. The summed E-state index contributed by atoms with van der Waals surface area (Å²) in [6, 6.07) is 3.17. The second kappa shape index (κ2) is 6.83. The number of hydrogen-bond donors (Lipinski definition) is 3. The van der Waals surface area contributed by atoms with E-state index < -0.39 is 11.7 Å². The summed E-state index contributed by atoms with van der Waals surface area (Å²) >= 11 is 0. The minimum Gasteiger partial charge on any atom is -0.352 e. The Morgan fingerprint density at radius 3 is 2.89 bits per heavy atom. The topological polar surface area (TPSA) is 103 Å². The summed E-state index contributed by atoms with van der Waals surface area (Å²) in [6.07, 6.45) is 6.04. The minimum absolute atomic E-state index is 0.0639. The standard InChI is InChI=1S/C19H25N5O3/c1-12(17(26)21-13-4-2-5-13)24-11-9-19(8-7-15(24)25)22-16-14(18(27)23-19)6-3-10-20-16/h3,6,10,12-13H,2,4-5,7-9,11H2,1H3,(H,20,22)(H,21,26)(H,23,27)/t12-,19+/m0/s1. The van der Waals surface area contributed by atoms with E-state index in [1.807, 2.05) is 0 Å². The highest BCUT2D eigenvalue weighted by atomic mass is 16.2. The van der Waals surface area contributed by atoms with Crippen LogP contribution in [0.2, 0.25) is 0 Å². The van der Waals surface area contributed by atoms with Crippen LogP contribution in [0, 0.1) is 0 Å². The van der Waals surface area contributed by atoms with Gasteiger partial charge in [-0.3, -0.25) is 14.4 Å². The quantitative estimate of drug-likeness (QED) is 0.736. The van der Waals surface area contributed by atoms with Gasteiger partial charge in [0, 0.05) is 31.6 Å². The number of carbonyl (C=O) groups is 3. The molecule has 8 heteroatoms. The molecule has 1 aliphatic carbocycles. The molecular weight excluding hydrogens is 346 g/mol. The maximum absolute atomic E-state index is 12.7. The van der Waals surface area contributed by atoms with Gasteiger partial charge in [-0.1, -0.05) is 0 Å². The summed E-state index contributed by atoms with van der Waals surface area (Å²) in [6.45, 7) is 2.17. The molecule has 27 heavy (non-hydrogen) atoms. The lowest BCUT2D eigenvalue weighted by molar-refractivity contribution is -0.139. The average molecular weight is 371 g/mol. The van der Waals surface area contributed by atoms with Gasteiger partial charge < -0.3 is 20.9 Å². The Hall–Kier alpha value is -2.64. The number of nitrogens with one attached hydrogen (secondary N) is 3. The summed E-state index contributed by atoms with van der Waals surface area (Å²) in [5.41, 5.74) is -0.212. The highest BCUT2D eigenvalue weighted by Crippen LogP contribution is 2.31. The predicted molar refractivity (Wildman–Crippen MR) is 98.9 cm³/mol. The van der Waals surface area contributed by atoms with Crippen LogP contribution in [0.15, 0.2) is 18.3 Å². The van der Waals surface area contributed by atoms with Gasteiger partial charge >= 0.3 is 0 Å². The van der Waals surface area contributed by atoms with Crippen molar-refractivity contribution in [1.82, 2.24) is 20.5 Å². The fraction of sp³-hybridized carbons (Fsp3) is 0.579. The molecule has 3 aliphatic rings. The van der Waals surface area contributed by atoms with E-state index in [1.165, 1.54) is 0 Å². The van der Waals surface area contributed by atoms with Gasteiger partial charge in [-0.25, -0.2) is 4.98 Å². The third-order valence-electron chi connectivity index (χ3n) is 5.93. The zero-order valence-electron chi connectivity index (χ0n) is 15.5. The SMILES string of the molecule is C[C@@H](C(=O)NC1CCC1)N1CC[C@@]2(CCC1=O)NC(=O)c1cccnc1N2. The van der Waals surface area contributed by atoms with Crippen molar-refractivity contribution in [3.63, 3.8) is 0 Å². The van der Waals surface area contributed by atoms with Gasteiger partial charge in [-0.05, 0) is 44.7 Å². The van der Waals surface area contributed by atoms with Crippen molar-refractivity contribution >= 4 is 23.5 Å². The van der Waals surface area contributed by atoms with Gasteiger partial charge in [0.15, 0.2) is 0 Å². The second-order valence-corrected chi connectivity index (χ2v) is 7.71. The molecule has 8 nitrogen and oxygen atoms in total. The molecule has 0 radical (unpaired) electrons. The zero-order chi connectivity index (χ0) is 19.0. The summed E-state index contributed by atoms with van der Waals surface area (Å²) in [7, 11) is 0. The smallest absolute Gasteiger partial charge is 0.256 e. The molecule has 0 unspecified atom stereocenters. The minimum atomic E-state index is -0.715. The third kappa shape index (κ3) is 3.36. The van der Waals surface area contributed by atoms with E-state index in [0.29, 0.717) is 30.8 Å². The maximum atomic E-state index is 12.7. The number of fused-ring (bicyclic) bond motifs is 1. The normalized spacial score (nSPS) is 26.3. The first kappa shape index (κ1) is 17.8. The van der Waals surface area contributed by atoms with E-state index in [-0.39, 0.29) is 30.2 Å². The number of pyridine rings is 1. The summed E-state index contributed by atoms with van der Waals surface area (Å²) in [5, 5.41) is 9.36. The molecule has 1 saturated carbocycles. The van der Waals surface area contributed by atoms with Gasteiger partial charge in [0.25, 0.3) is 5.91 Å². The van der Waals surface area contributed by atoms with Crippen LogP contribution in [-0.4, -0.2) is 51.9 Å². The lowest BCUT2D eigenvalue weighted by atomic mass is 9.93. The monoisotopic (exact) mass is 371 g/mol. The van der Waals surface area contributed by atoms with Crippen LogP contribution in [0.5, 0.6) is 0 Å². The Balaban J connectivity index is 1.47. The maximum Gasteiger partial charge on any atom is 0.256 e. The number of anilines is 1. The highest BCUT2D eigenvalue weighted by Gasteiger charge is 2.42. The van der Waals surface area contributed by atoms with Crippen molar-refractivity contribution in [2.75, 3.05) is 11.9 Å². The van der Waals surface area contributed by atoms with Crippen LogP contribution >= 0.6 is 0 Å². The number of nitrogens with zero attached hydrogens (tertiary/aromatic N) is 2. The van der Waals surface area contributed by atoms with E-state index in [2.05, 4.69) is 20.9 Å². The number of amides is 3. The van der Waals surface area contributed by atoms with Crippen LogP contribution in [0.3, 0.4) is 0 Å². The molecule has 2 atom stereocenters. The van der Waals surface area contributed by atoms with Crippen molar-refractivity contribution in [1.29, 1.82) is 0 Å². The van der Waals surface area contributed by atoms with Gasteiger partial charge in [0.1, 0.15) is 17.5 Å². The van der Waals surface area contributed by atoms with E-state index in [0.717, 1.165) is 19.3 Å². The second-order valence-electron chi connectivity index (χ2n) is 7.71.